The summed E-state index contributed by atoms with van der Waals surface area (Å²) < 4.78 is 2.62. The van der Waals surface area contributed by atoms with Crippen LogP contribution in [0.1, 0.15) is 29.7 Å². The minimum absolute atomic E-state index is 0.101. The Balaban J connectivity index is 1.74. The van der Waals surface area contributed by atoms with Gasteiger partial charge in [0.1, 0.15) is 6.54 Å². The number of amides is 1. The van der Waals surface area contributed by atoms with Gasteiger partial charge in [0.2, 0.25) is 5.91 Å². The third-order valence-corrected chi connectivity index (χ3v) is 3.99. The number of nitrogens with zero attached hydrogens (tertiary/aromatic N) is 3. The molecule has 0 bridgehead atoms. The van der Waals surface area contributed by atoms with Gasteiger partial charge < -0.3 is 5.32 Å². The fourth-order valence-corrected chi connectivity index (χ4v) is 2.58. The molecule has 0 aliphatic rings. The van der Waals surface area contributed by atoms with Gasteiger partial charge in [-0.25, -0.2) is 9.48 Å². The Morgan fingerprint density at radius 1 is 1.17 bits per heavy atom. The van der Waals surface area contributed by atoms with E-state index < -0.39 is 0 Å². The maximum Gasteiger partial charge on any atom is 0.350 e. The van der Waals surface area contributed by atoms with Crippen LogP contribution in [0, 0.1) is 13.8 Å². The highest BCUT2D eigenvalue weighted by atomic mass is 16.2. The van der Waals surface area contributed by atoms with E-state index in [1.807, 2.05) is 57.2 Å². The normalized spacial score (nSPS) is 12.3. The van der Waals surface area contributed by atoms with Crippen LogP contribution in [-0.2, 0) is 11.3 Å². The first-order valence-corrected chi connectivity index (χ1v) is 7.86. The number of hydrogen-bond acceptors (Lipinski definition) is 3. The molecule has 24 heavy (non-hydrogen) atoms. The van der Waals surface area contributed by atoms with E-state index in [1.165, 1.54) is 14.6 Å². The van der Waals surface area contributed by atoms with E-state index in [-0.39, 0.29) is 24.2 Å². The number of pyridine rings is 1. The summed E-state index contributed by atoms with van der Waals surface area (Å²) in [7, 11) is 0. The highest BCUT2D eigenvalue weighted by Crippen LogP contribution is 2.12. The van der Waals surface area contributed by atoms with Crippen molar-refractivity contribution in [2.75, 3.05) is 0 Å². The summed E-state index contributed by atoms with van der Waals surface area (Å²) in [6.07, 6.45) is 1.67. The van der Waals surface area contributed by atoms with Crippen molar-refractivity contribution in [2.24, 2.45) is 0 Å². The van der Waals surface area contributed by atoms with Crippen molar-refractivity contribution in [1.29, 1.82) is 0 Å². The quantitative estimate of drug-likeness (QED) is 0.798. The topological polar surface area (TPSA) is 68.4 Å². The number of nitrogens with one attached hydrogen (secondary N) is 1. The molecular weight excluding hydrogens is 304 g/mol. The zero-order valence-electron chi connectivity index (χ0n) is 14.0. The summed E-state index contributed by atoms with van der Waals surface area (Å²) >= 11 is 0. The predicted molar refractivity (Wildman–Crippen MR) is 91.9 cm³/mol. The summed E-state index contributed by atoms with van der Waals surface area (Å²) in [6.45, 7) is 5.76. The van der Waals surface area contributed by atoms with Crippen LogP contribution in [-0.4, -0.2) is 20.1 Å². The molecule has 2 heterocycles. The molecule has 0 unspecified atom stereocenters. The lowest BCUT2D eigenvalue weighted by Crippen LogP contribution is -2.34. The first-order valence-electron chi connectivity index (χ1n) is 7.86. The molecule has 0 aliphatic heterocycles. The number of fused-ring (bicyclic) bond motifs is 1. The highest BCUT2D eigenvalue weighted by molar-refractivity contribution is 5.76. The minimum Gasteiger partial charge on any atom is -0.348 e. The first-order chi connectivity index (χ1) is 11.4. The fraction of sp³-hybridized carbons (Fsp3) is 0.278. The smallest absolute Gasteiger partial charge is 0.348 e. The van der Waals surface area contributed by atoms with Crippen molar-refractivity contribution in [3.05, 3.63) is 69.8 Å². The van der Waals surface area contributed by atoms with Gasteiger partial charge in [0.05, 0.1) is 6.04 Å². The van der Waals surface area contributed by atoms with Crippen LogP contribution in [0.4, 0.5) is 0 Å². The second-order valence-corrected chi connectivity index (χ2v) is 6.07. The largest absolute Gasteiger partial charge is 0.350 e. The van der Waals surface area contributed by atoms with Gasteiger partial charge in [-0.15, -0.1) is 5.10 Å². The number of carbonyl (C=O) groups excluding carboxylic acids is 1. The van der Waals surface area contributed by atoms with Gasteiger partial charge in [0.15, 0.2) is 5.65 Å². The third-order valence-electron chi connectivity index (χ3n) is 3.99. The van der Waals surface area contributed by atoms with E-state index >= 15 is 0 Å². The van der Waals surface area contributed by atoms with Crippen LogP contribution in [0.5, 0.6) is 0 Å². The van der Waals surface area contributed by atoms with E-state index in [0.29, 0.717) is 5.65 Å². The molecule has 124 valence electrons. The lowest BCUT2D eigenvalue weighted by Gasteiger charge is -2.14. The van der Waals surface area contributed by atoms with E-state index in [0.717, 1.165) is 11.1 Å². The van der Waals surface area contributed by atoms with Crippen LogP contribution < -0.4 is 11.0 Å². The van der Waals surface area contributed by atoms with Crippen LogP contribution in [0.15, 0.2) is 47.4 Å². The fourth-order valence-electron chi connectivity index (χ4n) is 2.58. The molecule has 6 nitrogen and oxygen atoms in total. The molecule has 1 aromatic carbocycles. The average molecular weight is 324 g/mol. The van der Waals surface area contributed by atoms with Gasteiger partial charge in [0.25, 0.3) is 0 Å². The van der Waals surface area contributed by atoms with Gasteiger partial charge in [-0.3, -0.25) is 9.20 Å². The summed E-state index contributed by atoms with van der Waals surface area (Å²) in [5.74, 6) is -0.245. The maximum atomic E-state index is 12.3. The predicted octanol–water partition coefficient (Wildman–Crippen LogP) is 1.99. The summed E-state index contributed by atoms with van der Waals surface area (Å²) in [4.78, 5) is 24.5. The number of benzene rings is 1. The second-order valence-electron chi connectivity index (χ2n) is 6.07. The molecule has 0 radical (unpaired) electrons. The molecule has 0 spiro atoms. The van der Waals surface area contributed by atoms with Gasteiger partial charge in [0, 0.05) is 6.20 Å². The molecule has 3 rings (SSSR count). The number of aryl methyl sites for hydroxylation is 2. The third kappa shape index (κ3) is 3.22. The van der Waals surface area contributed by atoms with Crippen molar-refractivity contribution in [3.8, 4) is 0 Å². The number of carbonyl (C=O) groups is 1. The Hall–Kier alpha value is -2.89. The van der Waals surface area contributed by atoms with Gasteiger partial charge in [-0.2, -0.15) is 0 Å². The summed E-state index contributed by atoms with van der Waals surface area (Å²) in [6, 6.07) is 11.5. The Morgan fingerprint density at radius 3 is 2.58 bits per heavy atom. The molecule has 3 aromatic rings. The molecule has 1 amide bonds. The number of hydrogen-bond donors (Lipinski definition) is 1. The van der Waals surface area contributed by atoms with E-state index in [1.54, 1.807) is 6.20 Å². The zero-order chi connectivity index (χ0) is 17.3. The molecule has 0 saturated heterocycles. The molecule has 0 aliphatic carbocycles. The Labute approximate surface area is 139 Å². The van der Waals surface area contributed by atoms with Gasteiger partial charge in [-0.05, 0) is 44.0 Å². The molecule has 1 atom stereocenters. The van der Waals surface area contributed by atoms with Gasteiger partial charge >= 0.3 is 5.69 Å². The van der Waals surface area contributed by atoms with E-state index in [2.05, 4.69) is 10.4 Å². The second kappa shape index (κ2) is 6.31. The standard InChI is InChI=1S/C18H20N4O2/c1-12-4-6-15(7-5-12)14(3)19-17(23)11-22-18(24)21-9-8-13(2)10-16(21)20-22/h4-10,14H,11H2,1-3H3,(H,19,23)/t14-/m0/s1. The van der Waals surface area contributed by atoms with Crippen LogP contribution in [0.2, 0.25) is 0 Å². The highest BCUT2D eigenvalue weighted by Gasteiger charge is 2.13. The van der Waals surface area contributed by atoms with Crippen molar-refractivity contribution >= 4 is 11.6 Å². The number of rotatable bonds is 4. The molecule has 0 saturated carbocycles. The van der Waals surface area contributed by atoms with Crippen molar-refractivity contribution in [1.82, 2.24) is 19.5 Å². The summed E-state index contributed by atoms with van der Waals surface area (Å²) in [5, 5.41) is 7.11. The van der Waals surface area contributed by atoms with E-state index in [4.69, 9.17) is 0 Å². The number of aromatic nitrogens is 3. The molecule has 0 fully saturated rings. The lowest BCUT2D eigenvalue weighted by molar-refractivity contribution is -0.122. The van der Waals surface area contributed by atoms with Crippen LogP contribution in [0.3, 0.4) is 0 Å². The van der Waals surface area contributed by atoms with Crippen LogP contribution in [0.25, 0.3) is 5.65 Å². The van der Waals surface area contributed by atoms with Crippen LogP contribution >= 0.6 is 0 Å². The van der Waals surface area contributed by atoms with Crippen molar-refractivity contribution in [3.63, 3.8) is 0 Å². The molecule has 2 aromatic heterocycles. The maximum absolute atomic E-state index is 12.3. The Bertz CT molecular complexity index is 938. The molecule has 1 N–H and O–H groups in total. The average Bonchev–Trinajstić information content (AvgIpc) is 2.83. The monoisotopic (exact) mass is 324 g/mol. The lowest BCUT2D eigenvalue weighted by atomic mass is 10.1. The summed E-state index contributed by atoms with van der Waals surface area (Å²) in [5.41, 5.74) is 3.43. The van der Waals surface area contributed by atoms with E-state index in [9.17, 15) is 9.59 Å². The Kier molecular flexibility index (Phi) is 4.20. The van der Waals surface area contributed by atoms with Crippen molar-refractivity contribution < 1.29 is 4.79 Å². The SMILES string of the molecule is Cc1ccc([C@H](C)NC(=O)Cn2nc3cc(C)ccn3c2=O)cc1. The van der Waals surface area contributed by atoms with Crippen molar-refractivity contribution in [2.45, 2.75) is 33.4 Å². The van der Waals surface area contributed by atoms with Gasteiger partial charge in [-0.1, -0.05) is 29.8 Å². The first kappa shape index (κ1) is 16.0. The zero-order valence-corrected chi connectivity index (χ0v) is 14.0. The molecule has 6 heteroatoms. The minimum atomic E-state index is -0.317. The molecular formula is C18H20N4O2. The Morgan fingerprint density at radius 2 is 1.88 bits per heavy atom.